The number of rotatable bonds is 7. The fourth-order valence-corrected chi connectivity index (χ4v) is 3.27. The lowest BCUT2D eigenvalue weighted by atomic mass is 10.1. The van der Waals surface area contributed by atoms with Crippen LogP contribution in [0.4, 0.5) is 13.2 Å². The van der Waals surface area contributed by atoms with E-state index in [1.807, 2.05) is 30.3 Å². The number of ether oxygens (including phenoxy) is 1. The summed E-state index contributed by atoms with van der Waals surface area (Å²) < 4.78 is 41.5. The molecule has 0 radical (unpaired) electrons. The summed E-state index contributed by atoms with van der Waals surface area (Å²) in [6.45, 7) is 0.715. The zero-order valence-corrected chi connectivity index (χ0v) is 15.6. The molecule has 1 fully saturated rings. The second-order valence-corrected chi connectivity index (χ2v) is 6.85. The lowest BCUT2D eigenvalue weighted by molar-refractivity contribution is -0.274. The second-order valence-electron chi connectivity index (χ2n) is 6.85. The number of benzene rings is 2. The van der Waals surface area contributed by atoms with Crippen molar-refractivity contribution < 1.29 is 27.5 Å². The van der Waals surface area contributed by atoms with Gasteiger partial charge in [0.25, 0.3) is 0 Å². The average Bonchev–Trinajstić information content (AvgIpc) is 3.06. The summed E-state index contributed by atoms with van der Waals surface area (Å²) in [5.74, 6) is -1.33. The number of nitrogens with zero attached hydrogens (tertiary/aromatic N) is 1. The van der Waals surface area contributed by atoms with E-state index in [0.717, 1.165) is 5.56 Å². The number of likely N-dealkylation sites (tertiary alicyclic amines) is 1. The number of hydrogen-bond acceptors (Lipinski definition) is 3. The van der Waals surface area contributed by atoms with Crippen LogP contribution >= 0.6 is 0 Å². The number of hydrogen-bond donors (Lipinski definition) is 1. The number of carbonyl (C=O) groups is 2. The Hall–Kier alpha value is -3.03. The predicted molar refractivity (Wildman–Crippen MR) is 99.8 cm³/mol. The molecule has 0 aliphatic carbocycles. The van der Waals surface area contributed by atoms with E-state index in [0.29, 0.717) is 19.5 Å². The monoisotopic (exact) mass is 406 g/mol. The standard InChI is InChI=1S/C21H21F3N2O3/c22-21(23,24)29-18-9-5-4-8-16(18)13-25-20(28)17-12-19(27)26(14-17)11-10-15-6-2-1-3-7-15/h1-9,17H,10-14H2,(H,25,28)/t17-/m0/s1. The van der Waals surface area contributed by atoms with Crippen molar-refractivity contribution >= 4 is 11.8 Å². The van der Waals surface area contributed by atoms with Crippen molar-refractivity contribution in [3.63, 3.8) is 0 Å². The zero-order chi connectivity index (χ0) is 20.9. The Morgan fingerprint density at radius 3 is 2.52 bits per heavy atom. The van der Waals surface area contributed by atoms with Crippen molar-refractivity contribution in [2.24, 2.45) is 5.92 Å². The summed E-state index contributed by atoms with van der Waals surface area (Å²) in [5.41, 5.74) is 1.32. The minimum absolute atomic E-state index is 0.0955. The Labute approximate surface area is 166 Å². The van der Waals surface area contributed by atoms with Gasteiger partial charge in [0.05, 0.1) is 5.92 Å². The van der Waals surface area contributed by atoms with Gasteiger partial charge in [-0.2, -0.15) is 0 Å². The molecule has 1 aliphatic rings. The number of amides is 2. The van der Waals surface area contributed by atoms with Crippen LogP contribution in [0.3, 0.4) is 0 Å². The Balaban J connectivity index is 1.52. The lowest BCUT2D eigenvalue weighted by Gasteiger charge is -2.17. The van der Waals surface area contributed by atoms with E-state index < -0.39 is 12.3 Å². The highest BCUT2D eigenvalue weighted by molar-refractivity contribution is 5.89. The molecule has 1 atom stereocenters. The van der Waals surface area contributed by atoms with Gasteiger partial charge in [-0.15, -0.1) is 13.2 Å². The molecule has 0 saturated carbocycles. The minimum atomic E-state index is -4.81. The number of nitrogens with one attached hydrogen (secondary N) is 1. The maximum atomic E-state index is 12.5. The molecule has 154 valence electrons. The molecule has 8 heteroatoms. The number of alkyl halides is 3. The number of para-hydroxylation sites is 1. The molecule has 2 aromatic rings. The van der Waals surface area contributed by atoms with Gasteiger partial charge in [0, 0.05) is 31.6 Å². The molecular weight excluding hydrogens is 385 g/mol. The van der Waals surface area contributed by atoms with Crippen molar-refractivity contribution in [3.05, 3.63) is 65.7 Å². The van der Waals surface area contributed by atoms with Crippen molar-refractivity contribution in [1.82, 2.24) is 10.2 Å². The number of carbonyl (C=O) groups excluding carboxylic acids is 2. The Morgan fingerprint density at radius 2 is 1.79 bits per heavy atom. The van der Waals surface area contributed by atoms with E-state index in [-0.39, 0.29) is 36.1 Å². The molecule has 0 bridgehead atoms. The lowest BCUT2D eigenvalue weighted by Crippen LogP contribution is -2.33. The summed E-state index contributed by atoms with van der Waals surface area (Å²) in [6.07, 6.45) is -4.01. The molecule has 1 heterocycles. The smallest absolute Gasteiger partial charge is 0.405 e. The highest BCUT2D eigenvalue weighted by Gasteiger charge is 2.34. The molecule has 0 aromatic heterocycles. The minimum Gasteiger partial charge on any atom is -0.405 e. The quantitative estimate of drug-likeness (QED) is 0.768. The van der Waals surface area contributed by atoms with Crippen molar-refractivity contribution in [3.8, 4) is 5.75 Å². The first-order valence-corrected chi connectivity index (χ1v) is 9.25. The Bertz CT molecular complexity index is 856. The van der Waals surface area contributed by atoms with Crippen molar-refractivity contribution in [1.29, 1.82) is 0 Å². The molecule has 29 heavy (non-hydrogen) atoms. The van der Waals surface area contributed by atoms with Crippen LogP contribution in [-0.4, -0.2) is 36.2 Å². The fourth-order valence-electron chi connectivity index (χ4n) is 3.27. The maximum Gasteiger partial charge on any atom is 0.573 e. The van der Waals surface area contributed by atoms with Crippen molar-refractivity contribution in [2.45, 2.75) is 25.7 Å². The Kier molecular flexibility index (Phi) is 6.41. The van der Waals surface area contributed by atoms with Gasteiger partial charge in [-0.05, 0) is 18.1 Å². The van der Waals surface area contributed by atoms with E-state index in [1.165, 1.54) is 18.2 Å². The SMILES string of the molecule is O=C(NCc1ccccc1OC(F)(F)F)[C@H]1CC(=O)N(CCc2ccccc2)C1. The number of halogens is 3. The van der Waals surface area contributed by atoms with Crippen LogP contribution in [0.2, 0.25) is 0 Å². The van der Waals surface area contributed by atoms with Gasteiger partial charge in [0.15, 0.2) is 0 Å². The Morgan fingerprint density at radius 1 is 1.10 bits per heavy atom. The summed E-state index contributed by atoms with van der Waals surface area (Å²) >= 11 is 0. The van der Waals surface area contributed by atoms with Gasteiger partial charge in [-0.3, -0.25) is 9.59 Å². The summed E-state index contributed by atoms with van der Waals surface area (Å²) in [5, 5.41) is 2.62. The first-order chi connectivity index (χ1) is 13.8. The van der Waals surface area contributed by atoms with Crippen LogP contribution < -0.4 is 10.1 Å². The second kappa shape index (κ2) is 8.98. The molecule has 0 spiro atoms. The molecular formula is C21H21F3N2O3. The van der Waals surface area contributed by atoms with E-state index in [4.69, 9.17) is 0 Å². The van der Waals surface area contributed by atoms with Gasteiger partial charge in [-0.25, -0.2) is 0 Å². The highest BCUT2D eigenvalue weighted by atomic mass is 19.4. The first-order valence-electron chi connectivity index (χ1n) is 9.25. The zero-order valence-electron chi connectivity index (χ0n) is 15.6. The van der Waals surface area contributed by atoms with Crippen molar-refractivity contribution in [2.75, 3.05) is 13.1 Å². The van der Waals surface area contributed by atoms with E-state index in [9.17, 15) is 22.8 Å². The van der Waals surface area contributed by atoms with Crippen LogP contribution in [0.1, 0.15) is 17.5 Å². The predicted octanol–water partition coefficient (Wildman–Crippen LogP) is 3.29. The van der Waals surface area contributed by atoms with Crippen LogP contribution in [0.5, 0.6) is 5.75 Å². The first kappa shape index (κ1) is 20.7. The molecule has 1 N–H and O–H groups in total. The molecule has 2 amide bonds. The molecule has 1 saturated heterocycles. The van der Waals surface area contributed by atoms with Crippen LogP contribution in [-0.2, 0) is 22.6 Å². The molecule has 3 rings (SSSR count). The molecule has 2 aromatic carbocycles. The third-order valence-electron chi connectivity index (χ3n) is 4.75. The highest BCUT2D eigenvalue weighted by Crippen LogP contribution is 2.26. The third kappa shape index (κ3) is 5.97. The van der Waals surface area contributed by atoms with Gasteiger partial charge in [-0.1, -0.05) is 48.5 Å². The van der Waals surface area contributed by atoms with Crippen LogP contribution in [0.25, 0.3) is 0 Å². The molecule has 5 nitrogen and oxygen atoms in total. The van der Waals surface area contributed by atoms with Gasteiger partial charge >= 0.3 is 6.36 Å². The van der Waals surface area contributed by atoms with Gasteiger partial charge in [0.2, 0.25) is 11.8 Å². The fraction of sp³-hybridized carbons (Fsp3) is 0.333. The van der Waals surface area contributed by atoms with Gasteiger partial charge in [0.1, 0.15) is 5.75 Å². The maximum absolute atomic E-state index is 12.5. The van der Waals surface area contributed by atoms with Crippen LogP contribution in [0.15, 0.2) is 54.6 Å². The van der Waals surface area contributed by atoms with E-state index >= 15 is 0 Å². The summed E-state index contributed by atoms with van der Waals surface area (Å²) in [6, 6.07) is 15.4. The van der Waals surface area contributed by atoms with Gasteiger partial charge < -0.3 is 15.0 Å². The molecule has 1 aliphatic heterocycles. The summed E-state index contributed by atoms with van der Waals surface area (Å²) in [4.78, 5) is 26.3. The van der Waals surface area contributed by atoms with Crippen LogP contribution in [0, 0.1) is 5.92 Å². The van der Waals surface area contributed by atoms with E-state index in [1.54, 1.807) is 11.0 Å². The topological polar surface area (TPSA) is 58.6 Å². The normalized spacial score (nSPS) is 16.7. The summed E-state index contributed by atoms with van der Waals surface area (Å²) in [7, 11) is 0. The molecule has 0 unspecified atom stereocenters. The largest absolute Gasteiger partial charge is 0.573 e. The van der Waals surface area contributed by atoms with E-state index in [2.05, 4.69) is 10.1 Å². The average molecular weight is 406 g/mol. The third-order valence-corrected chi connectivity index (χ3v) is 4.75.